The molecule has 3 heterocycles. The molecule has 0 spiro atoms. The fourth-order valence-corrected chi connectivity index (χ4v) is 3.16. The van der Waals surface area contributed by atoms with E-state index in [1.54, 1.807) is 18.5 Å². The molecule has 27 heavy (non-hydrogen) atoms. The van der Waals surface area contributed by atoms with E-state index >= 15 is 0 Å². The van der Waals surface area contributed by atoms with Crippen LogP contribution in [0.3, 0.4) is 0 Å². The lowest BCUT2D eigenvalue weighted by molar-refractivity contribution is 0.120. The summed E-state index contributed by atoms with van der Waals surface area (Å²) in [5.41, 5.74) is 2.83. The van der Waals surface area contributed by atoms with Gasteiger partial charge >= 0.3 is 0 Å². The molecule has 1 saturated heterocycles. The van der Waals surface area contributed by atoms with Crippen LogP contribution in [0.15, 0.2) is 30.6 Å². The van der Waals surface area contributed by atoms with Crippen molar-refractivity contribution in [3.63, 3.8) is 0 Å². The summed E-state index contributed by atoms with van der Waals surface area (Å²) in [5.74, 6) is 1.14. The number of aromatic nitrogens is 4. The van der Waals surface area contributed by atoms with E-state index in [1.807, 2.05) is 23.6 Å². The molecular weight excluding hydrogens is 342 g/mol. The first-order valence-corrected chi connectivity index (χ1v) is 9.12. The normalized spacial score (nSPS) is 16.4. The largest absolute Gasteiger partial charge is 0.376 e. The second kappa shape index (κ2) is 7.60. The lowest BCUT2D eigenvalue weighted by Gasteiger charge is -2.13. The number of fused-ring (bicyclic) bond motifs is 1. The molecule has 0 amide bonds. The van der Waals surface area contributed by atoms with Crippen molar-refractivity contribution < 1.29 is 4.74 Å². The van der Waals surface area contributed by atoms with Crippen molar-refractivity contribution in [1.29, 1.82) is 5.26 Å². The molecule has 0 saturated carbocycles. The Bertz CT molecular complexity index is 985. The van der Waals surface area contributed by atoms with E-state index in [-0.39, 0.29) is 6.10 Å². The van der Waals surface area contributed by atoms with Crippen molar-refractivity contribution in [2.45, 2.75) is 32.4 Å². The van der Waals surface area contributed by atoms with Crippen molar-refractivity contribution in [1.82, 2.24) is 19.5 Å². The molecule has 1 aromatic carbocycles. The number of nitrogens with one attached hydrogen (secondary N) is 2. The highest BCUT2D eigenvalue weighted by molar-refractivity contribution is 5.86. The number of nitriles is 1. The SMILES string of the molecule is CCn1cnc2c(Nc3cccc(C#N)c3)nc(NCC3CCCO3)nc21. The third-order valence-electron chi connectivity index (χ3n) is 4.57. The van der Waals surface area contributed by atoms with Crippen LogP contribution < -0.4 is 10.6 Å². The fraction of sp³-hybridized carbons (Fsp3) is 0.368. The number of imidazole rings is 1. The van der Waals surface area contributed by atoms with E-state index in [2.05, 4.69) is 31.7 Å². The molecule has 8 heteroatoms. The Morgan fingerprint density at radius 1 is 1.37 bits per heavy atom. The minimum Gasteiger partial charge on any atom is -0.376 e. The minimum absolute atomic E-state index is 0.198. The van der Waals surface area contributed by atoms with E-state index in [0.29, 0.717) is 29.4 Å². The Morgan fingerprint density at radius 3 is 3.07 bits per heavy atom. The van der Waals surface area contributed by atoms with Crippen molar-refractivity contribution >= 4 is 28.6 Å². The lowest BCUT2D eigenvalue weighted by atomic mass is 10.2. The van der Waals surface area contributed by atoms with Gasteiger partial charge in [0.2, 0.25) is 5.95 Å². The number of anilines is 3. The lowest BCUT2D eigenvalue weighted by Crippen LogP contribution is -2.20. The number of ether oxygens (including phenoxy) is 1. The third-order valence-corrected chi connectivity index (χ3v) is 4.57. The van der Waals surface area contributed by atoms with E-state index in [9.17, 15) is 0 Å². The summed E-state index contributed by atoms with van der Waals surface area (Å²) in [6, 6.07) is 9.42. The number of hydrogen-bond donors (Lipinski definition) is 2. The van der Waals surface area contributed by atoms with Crippen LogP contribution in [0.5, 0.6) is 0 Å². The summed E-state index contributed by atoms with van der Waals surface area (Å²) in [5, 5.41) is 15.7. The van der Waals surface area contributed by atoms with Gasteiger partial charge in [0.25, 0.3) is 0 Å². The average Bonchev–Trinajstić information content (AvgIpc) is 3.36. The van der Waals surface area contributed by atoms with Crippen LogP contribution in [0.4, 0.5) is 17.5 Å². The third kappa shape index (κ3) is 3.68. The second-order valence-electron chi connectivity index (χ2n) is 6.43. The molecule has 2 N–H and O–H groups in total. The van der Waals surface area contributed by atoms with E-state index in [4.69, 9.17) is 10.00 Å². The monoisotopic (exact) mass is 363 g/mol. The smallest absolute Gasteiger partial charge is 0.226 e. The Kier molecular flexibility index (Phi) is 4.85. The molecule has 1 fully saturated rings. The van der Waals surface area contributed by atoms with Gasteiger partial charge in [-0.25, -0.2) is 4.98 Å². The van der Waals surface area contributed by atoms with Gasteiger partial charge in [-0.2, -0.15) is 15.2 Å². The number of nitrogens with zero attached hydrogens (tertiary/aromatic N) is 5. The zero-order valence-corrected chi connectivity index (χ0v) is 15.1. The molecule has 2 aromatic heterocycles. The van der Waals surface area contributed by atoms with Gasteiger partial charge in [-0.1, -0.05) is 6.07 Å². The zero-order valence-electron chi connectivity index (χ0n) is 15.1. The predicted octanol–water partition coefficient (Wildman–Crippen LogP) is 3.05. The second-order valence-corrected chi connectivity index (χ2v) is 6.43. The summed E-state index contributed by atoms with van der Waals surface area (Å²) < 4.78 is 7.64. The first kappa shape index (κ1) is 17.2. The van der Waals surface area contributed by atoms with Crippen LogP contribution in [0.1, 0.15) is 25.3 Å². The molecule has 0 bridgehead atoms. The molecule has 3 aromatic rings. The number of benzene rings is 1. The van der Waals surface area contributed by atoms with Crippen molar-refractivity contribution in [2.75, 3.05) is 23.8 Å². The maximum absolute atomic E-state index is 9.11. The summed E-state index contributed by atoms with van der Waals surface area (Å²) >= 11 is 0. The highest BCUT2D eigenvalue weighted by atomic mass is 16.5. The van der Waals surface area contributed by atoms with Gasteiger partial charge in [-0.15, -0.1) is 0 Å². The Balaban J connectivity index is 1.66. The van der Waals surface area contributed by atoms with Crippen molar-refractivity contribution in [2.24, 2.45) is 0 Å². The van der Waals surface area contributed by atoms with Crippen molar-refractivity contribution in [3.8, 4) is 6.07 Å². The molecule has 8 nitrogen and oxygen atoms in total. The van der Waals surface area contributed by atoms with Crippen molar-refractivity contribution in [3.05, 3.63) is 36.2 Å². The Morgan fingerprint density at radius 2 is 2.30 bits per heavy atom. The summed E-state index contributed by atoms with van der Waals surface area (Å²) in [6.07, 6.45) is 4.11. The maximum Gasteiger partial charge on any atom is 0.226 e. The van der Waals surface area contributed by atoms with Crippen LogP contribution in [0.25, 0.3) is 11.2 Å². The Hall–Kier alpha value is -3.18. The van der Waals surface area contributed by atoms with E-state index < -0.39 is 0 Å². The fourth-order valence-electron chi connectivity index (χ4n) is 3.16. The van der Waals surface area contributed by atoms with Crippen LogP contribution in [0.2, 0.25) is 0 Å². The summed E-state index contributed by atoms with van der Waals surface area (Å²) in [6.45, 7) is 4.31. The van der Waals surface area contributed by atoms with Crippen LogP contribution in [0, 0.1) is 11.3 Å². The van der Waals surface area contributed by atoms with E-state index in [1.165, 1.54) is 0 Å². The maximum atomic E-state index is 9.11. The molecule has 1 aliphatic rings. The molecule has 1 unspecified atom stereocenters. The first-order chi connectivity index (χ1) is 13.3. The average molecular weight is 363 g/mol. The highest BCUT2D eigenvalue weighted by Crippen LogP contribution is 2.25. The molecule has 1 aliphatic heterocycles. The van der Waals surface area contributed by atoms with Gasteiger partial charge in [0.15, 0.2) is 17.0 Å². The van der Waals surface area contributed by atoms with Crippen LogP contribution in [-0.4, -0.2) is 38.8 Å². The number of hydrogen-bond acceptors (Lipinski definition) is 7. The minimum atomic E-state index is 0.198. The predicted molar refractivity (Wildman–Crippen MR) is 103 cm³/mol. The standard InChI is InChI=1S/C19H21N7O/c1-2-26-12-22-16-17(23-14-6-3-5-13(9-14)10-20)24-19(25-18(16)26)21-11-15-7-4-8-27-15/h3,5-6,9,12,15H,2,4,7-8,11H2,1H3,(H2,21,23,24,25). The van der Waals surface area contributed by atoms with Gasteiger partial charge in [0.1, 0.15) is 0 Å². The summed E-state index contributed by atoms with van der Waals surface area (Å²) in [7, 11) is 0. The molecule has 138 valence electrons. The van der Waals surface area contributed by atoms with Gasteiger partial charge in [-0.3, -0.25) is 0 Å². The Labute approximate surface area is 157 Å². The summed E-state index contributed by atoms with van der Waals surface area (Å²) in [4.78, 5) is 13.7. The first-order valence-electron chi connectivity index (χ1n) is 9.12. The quantitative estimate of drug-likeness (QED) is 0.694. The van der Waals surface area contributed by atoms with Gasteiger partial charge in [0.05, 0.1) is 24.1 Å². The zero-order chi connectivity index (χ0) is 18.6. The van der Waals surface area contributed by atoms with Crippen LogP contribution >= 0.6 is 0 Å². The molecule has 0 aliphatic carbocycles. The number of rotatable bonds is 6. The van der Waals surface area contributed by atoms with Gasteiger partial charge in [0, 0.05) is 25.4 Å². The highest BCUT2D eigenvalue weighted by Gasteiger charge is 2.17. The molecule has 4 rings (SSSR count). The van der Waals surface area contributed by atoms with Gasteiger partial charge in [-0.05, 0) is 38.0 Å². The topological polar surface area (TPSA) is 101 Å². The van der Waals surface area contributed by atoms with E-state index in [0.717, 1.165) is 37.3 Å². The van der Waals surface area contributed by atoms with Crippen LogP contribution in [-0.2, 0) is 11.3 Å². The molecular formula is C19H21N7O. The molecule has 1 atom stereocenters. The van der Waals surface area contributed by atoms with Gasteiger partial charge < -0.3 is 19.9 Å². The molecule has 0 radical (unpaired) electrons. The number of aryl methyl sites for hydroxylation is 1.